The molecule has 2 aromatic heterocycles. The number of nitrogens with one attached hydrogen (secondary N) is 1. The number of nitrogens with zero attached hydrogens (tertiary/aromatic N) is 2. The molecule has 1 amide bonds. The number of aromatic nitrogens is 1. The first-order chi connectivity index (χ1) is 9.91. The Morgan fingerprint density at radius 1 is 1.43 bits per heavy atom. The van der Waals surface area contributed by atoms with Crippen molar-refractivity contribution in [1.29, 1.82) is 0 Å². The van der Waals surface area contributed by atoms with Crippen molar-refractivity contribution in [1.82, 2.24) is 10.4 Å². The van der Waals surface area contributed by atoms with Gasteiger partial charge in [-0.1, -0.05) is 34.8 Å². The van der Waals surface area contributed by atoms with Gasteiger partial charge in [-0.05, 0) is 23.9 Å². The number of nitrogen functional groups attached to an aromatic ring is 1. The van der Waals surface area contributed by atoms with Gasteiger partial charge in [0.25, 0.3) is 5.91 Å². The number of anilines is 1. The maximum absolute atomic E-state index is 12.0. The van der Waals surface area contributed by atoms with Crippen LogP contribution in [0.4, 0.5) is 5.69 Å². The number of carbonyl (C=O) groups excluding carboxylic acids is 1. The standard InChI is InChI=1S/C12H9Cl3N4OS/c1-5-2-3-21-6(5)4-17-19-12(20)10-7(13)9(16)8(14)11(15)18-10/h2-4H,1H3,(H2,16,18)(H,19,20)/b17-4-. The fraction of sp³-hybridized carbons (Fsp3) is 0.0833. The highest BCUT2D eigenvalue weighted by Crippen LogP contribution is 2.34. The molecule has 3 N–H and O–H groups in total. The van der Waals surface area contributed by atoms with E-state index in [-0.39, 0.29) is 26.6 Å². The second kappa shape index (κ2) is 6.62. The van der Waals surface area contributed by atoms with E-state index in [9.17, 15) is 4.79 Å². The van der Waals surface area contributed by atoms with Gasteiger partial charge in [-0.2, -0.15) is 5.10 Å². The summed E-state index contributed by atoms with van der Waals surface area (Å²) in [5.74, 6) is -0.629. The number of hydrazone groups is 1. The molecule has 9 heteroatoms. The van der Waals surface area contributed by atoms with Gasteiger partial charge in [-0.25, -0.2) is 10.4 Å². The maximum atomic E-state index is 12.0. The molecule has 0 spiro atoms. The SMILES string of the molecule is Cc1ccsc1/C=N\NC(=O)c1nc(Cl)c(Cl)c(N)c1Cl. The van der Waals surface area contributed by atoms with E-state index in [2.05, 4.69) is 15.5 Å². The Balaban J connectivity index is 2.18. The van der Waals surface area contributed by atoms with E-state index in [4.69, 9.17) is 40.5 Å². The molecule has 0 bridgehead atoms. The zero-order chi connectivity index (χ0) is 15.6. The van der Waals surface area contributed by atoms with Gasteiger partial charge >= 0.3 is 0 Å². The first kappa shape index (κ1) is 16.0. The monoisotopic (exact) mass is 362 g/mol. The highest BCUT2D eigenvalue weighted by Gasteiger charge is 2.19. The third-order valence-corrected chi connectivity index (χ3v) is 4.63. The zero-order valence-electron chi connectivity index (χ0n) is 10.7. The largest absolute Gasteiger partial charge is 0.396 e. The van der Waals surface area contributed by atoms with Crippen molar-refractivity contribution in [2.45, 2.75) is 6.92 Å². The third kappa shape index (κ3) is 3.47. The number of pyridine rings is 1. The predicted molar refractivity (Wildman–Crippen MR) is 87.8 cm³/mol. The highest BCUT2D eigenvalue weighted by molar-refractivity contribution is 7.11. The van der Waals surface area contributed by atoms with Gasteiger partial charge in [-0.15, -0.1) is 11.3 Å². The van der Waals surface area contributed by atoms with E-state index >= 15 is 0 Å². The molecule has 2 rings (SSSR count). The smallest absolute Gasteiger partial charge is 0.291 e. The number of thiophene rings is 1. The van der Waals surface area contributed by atoms with E-state index in [1.165, 1.54) is 17.6 Å². The first-order valence-electron chi connectivity index (χ1n) is 5.59. The number of hydrogen-bond donors (Lipinski definition) is 2. The number of halogens is 3. The quantitative estimate of drug-likeness (QED) is 0.495. The zero-order valence-corrected chi connectivity index (χ0v) is 13.7. The summed E-state index contributed by atoms with van der Waals surface area (Å²) in [5, 5.41) is 5.62. The minimum atomic E-state index is -0.629. The number of carbonyl (C=O) groups is 1. The molecule has 0 fully saturated rings. The minimum Gasteiger partial charge on any atom is -0.396 e. The Kier molecular flexibility index (Phi) is 5.05. The van der Waals surface area contributed by atoms with Crippen LogP contribution in [0.1, 0.15) is 20.9 Å². The molecule has 0 aliphatic heterocycles. The van der Waals surface area contributed by atoms with Gasteiger partial charge in [-0.3, -0.25) is 4.79 Å². The normalized spacial score (nSPS) is 11.0. The molecule has 21 heavy (non-hydrogen) atoms. The molecule has 0 aliphatic rings. The summed E-state index contributed by atoms with van der Waals surface area (Å²) >= 11 is 19.0. The van der Waals surface area contributed by atoms with Gasteiger partial charge in [0.05, 0.1) is 16.9 Å². The molecule has 5 nitrogen and oxygen atoms in total. The van der Waals surface area contributed by atoms with Gasteiger partial charge in [0.1, 0.15) is 5.02 Å². The van der Waals surface area contributed by atoms with Crippen molar-refractivity contribution >= 4 is 63.9 Å². The average Bonchev–Trinajstić information content (AvgIpc) is 2.86. The van der Waals surface area contributed by atoms with Crippen molar-refractivity contribution in [3.05, 3.63) is 42.8 Å². The van der Waals surface area contributed by atoms with Crippen LogP contribution in [0.15, 0.2) is 16.5 Å². The van der Waals surface area contributed by atoms with Crippen LogP contribution in [0.5, 0.6) is 0 Å². The molecule has 110 valence electrons. The first-order valence-corrected chi connectivity index (χ1v) is 7.60. The fourth-order valence-corrected chi connectivity index (χ4v) is 2.78. The van der Waals surface area contributed by atoms with Crippen LogP contribution in [-0.2, 0) is 0 Å². The van der Waals surface area contributed by atoms with Gasteiger partial charge in [0.15, 0.2) is 10.8 Å². The molecule has 0 aliphatic carbocycles. The van der Waals surface area contributed by atoms with E-state index in [0.29, 0.717) is 0 Å². The molecule has 2 heterocycles. The van der Waals surface area contributed by atoms with E-state index in [1.807, 2.05) is 18.4 Å². The molecule has 0 unspecified atom stereocenters. The number of nitrogens with two attached hydrogens (primary N) is 1. The summed E-state index contributed by atoms with van der Waals surface area (Å²) in [6.45, 7) is 1.94. The van der Waals surface area contributed by atoms with Gasteiger partial charge < -0.3 is 5.73 Å². The summed E-state index contributed by atoms with van der Waals surface area (Å²) in [6, 6.07) is 1.95. The van der Waals surface area contributed by atoms with E-state index in [1.54, 1.807) is 0 Å². The molecule has 0 aromatic carbocycles. The van der Waals surface area contributed by atoms with Crippen molar-refractivity contribution in [3.8, 4) is 0 Å². The molecule has 0 saturated heterocycles. The molecular formula is C12H9Cl3N4OS. The van der Waals surface area contributed by atoms with E-state index < -0.39 is 5.91 Å². The summed E-state index contributed by atoms with van der Waals surface area (Å²) < 4.78 is 0. The molecule has 0 saturated carbocycles. The molecular weight excluding hydrogens is 355 g/mol. The Bertz CT molecular complexity index is 730. The average molecular weight is 364 g/mol. The van der Waals surface area contributed by atoms with Crippen molar-refractivity contribution in [2.24, 2.45) is 5.10 Å². The topological polar surface area (TPSA) is 80.4 Å². The summed E-state index contributed by atoms with van der Waals surface area (Å²) in [6.07, 6.45) is 1.53. The summed E-state index contributed by atoms with van der Waals surface area (Å²) in [7, 11) is 0. The lowest BCUT2D eigenvalue weighted by Crippen LogP contribution is -2.20. The summed E-state index contributed by atoms with van der Waals surface area (Å²) in [4.78, 5) is 16.7. The highest BCUT2D eigenvalue weighted by atomic mass is 35.5. The van der Waals surface area contributed by atoms with E-state index in [0.717, 1.165) is 10.4 Å². The van der Waals surface area contributed by atoms with Crippen molar-refractivity contribution in [2.75, 3.05) is 5.73 Å². The molecule has 2 aromatic rings. The predicted octanol–water partition coefficient (Wildman–Crippen LogP) is 3.76. The second-order valence-electron chi connectivity index (χ2n) is 3.96. The molecule has 0 atom stereocenters. The number of amides is 1. The Morgan fingerprint density at radius 3 is 2.76 bits per heavy atom. The van der Waals surface area contributed by atoms with Crippen LogP contribution in [0.2, 0.25) is 15.2 Å². The molecule has 0 radical (unpaired) electrons. The lowest BCUT2D eigenvalue weighted by molar-refractivity contribution is 0.0950. The lowest BCUT2D eigenvalue weighted by Gasteiger charge is -2.07. The van der Waals surface area contributed by atoms with Crippen LogP contribution in [0.25, 0.3) is 0 Å². The lowest BCUT2D eigenvalue weighted by atomic mass is 10.3. The van der Waals surface area contributed by atoms with Crippen molar-refractivity contribution < 1.29 is 4.79 Å². The van der Waals surface area contributed by atoms with Crippen LogP contribution < -0.4 is 11.2 Å². The number of rotatable bonds is 3. The number of aryl methyl sites for hydroxylation is 1. The van der Waals surface area contributed by atoms with Crippen LogP contribution in [-0.4, -0.2) is 17.1 Å². The van der Waals surface area contributed by atoms with Gasteiger partial charge in [0, 0.05) is 4.88 Å². The minimum absolute atomic E-state index is 0.00145. The van der Waals surface area contributed by atoms with Crippen LogP contribution in [0.3, 0.4) is 0 Å². The van der Waals surface area contributed by atoms with Crippen LogP contribution >= 0.6 is 46.1 Å². The summed E-state index contributed by atoms with van der Waals surface area (Å²) in [5.41, 5.74) is 8.88. The Morgan fingerprint density at radius 2 is 2.14 bits per heavy atom. The second-order valence-corrected chi connectivity index (χ2v) is 6.02. The third-order valence-electron chi connectivity index (χ3n) is 2.54. The maximum Gasteiger partial charge on any atom is 0.291 e. The van der Waals surface area contributed by atoms with Crippen LogP contribution in [0, 0.1) is 6.92 Å². The Labute approximate surface area is 139 Å². The Hall–Kier alpha value is -1.34. The van der Waals surface area contributed by atoms with Crippen molar-refractivity contribution in [3.63, 3.8) is 0 Å². The van der Waals surface area contributed by atoms with Gasteiger partial charge in [0.2, 0.25) is 0 Å². The fourth-order valence-electron chi connectivity index (χ4n) is 1.40. The number of hydrogen-bond acceptors (Lipinski definition) is 5.